The van der Waals surface area contributed by atoms with Crippen molar-refractivity contribution in [1.82, 2.24) is 0 Å². The van der Waals surface area contributed by atoms with Gasteiger partial charge in [0.15, 0.2) is 12.2 Å². The summed E-state index contributed by atoms with van der Waals surface area (Å²) in [5.74, 6) is -1.40. The van der Waals surface area contributed by atoms with E-state index in [0.29, 0.717) is 25.7 Å². The molecule has 0 radical (unpaired) electrons. The van der Waals surface area contributed by atoms with Crippen LogP contribution in [0, 0.1) is 5.92 Å². The van der Waals surface area contributed by atoms with Gasteiger partial charge in [0.2, 0.25) is 0 Å². The third kappa shape index (κ3) is 65.1. The second kappa shape index (κ2) is 65.4. The van der Waals surface area contributed by atoms with Crippen molar-refractivity contribution in [2.45, 2.75) is 393 Å². The predicted octanol–water partition coefficient (Wildman–Crippen LogP) is 20.9. The standard InChI is InChI=1S/C72H140O17P2/c1-6-10-13-16-19-22-25-27-28-29-30-31-32-33-35-38-41-47-52-57-71(76)88-67(61-82-70(75)56-51-46-40-37-34-26-23-20-17-14-11-7-2)63-86-90(78,79)84-59-66(73)60-85-91(80,81)87-64-68(89-72(77)58-53-48-43-42-44-49-54-65(5)9-4)62-83-69(74)55-50-45-39-36-24-21-18-15-12-8-3/h65-68,73H,6-64H2,1-5H3,(H,78,79)(H,80,81)/t65?,66-,67-,68-/m1/s1. The van der Waals surface area contributed by atoms with E-state index in [9.17, 15) is 43.2 Å². The van der Waals surface area contributed by atoms with Crippen LogP contribution in [0.5, 0.6) is 0 Å². The molecule has 0 bridgehead atoms. The van der Waals surface area contributed by atoms with Crippen LogP contribution in [0.25, 0.3) is 0 Å². The van der Waals surface area contributed by atoms with Gasteiger partial charge < -0.3 is 33.8 Å². The number of unbranched alkanes of at least 4 members (excludes halogenated alkanes) is 43. The summed E-state index contributed by atoms with van der Waals surface area (Å²) in [6, 6.07) is 0. The Morgan fingerprint density at radius 1 is 0.308 bits per heavy atom. The number of ether oxygens (including phenoxy) is 4. The molecule has 0 amide bonds. The van der Waals surface area contributed by atoms with E-state index in [1.807, 2.05) is 0 Å². The SMILES string of the molecule is CCCCCCCCCCCCCCCCCCCCCC(=O)O[C@H](COC(=O)CCCCCCCCCCCCCC)COP(=O)(O)OC[C@@H](O)COP(=O)(O)OC[C@@H](COC(=O)CCCCCCCCCCCC)OC(=O)CCCCCCCCC(C)CC. The van der Waals surface area contributed by atoms with E-state index in [2.05, 4.69) is 34.6 Å². The topological polar surface area (TPSA) is 237 Å². The van der Waals surface area contributed by atoms with Crippen LogP contribution >= 0.6 is 15.6 Å². The number of phosphoric acid groups is 2. The largest absolute Gasteiger partial charge is 0.472 e. The summed E-state index contributed by atoms with van der Waals surface area (Å²) in [6.45, 7) is 7.20. The Labute approximate surface area is 556 Å². The van der Waals surface area contributed by atoms with Gasteiger partial charge in [-0.3, -0.25) is 37.3 Å². The molecule has 0 aliphatic heterocycles. The molecule has 0 aliphatic rings. The Hall–Kier alpha value is -1.94. The fourth-order valence-electron chi connectivity index (χ4n) is 11.0. The van der Waals surface area contributed by atoms with Gasteiger partial charge in [-0.15, -0.1) is 0 Å². The number of aliphatic hydroxyl groups is 1. The summed E-state index contributed by atoms with van der Waals surface area (Å²) < 4.78 is 68.3. The summed E-state index contributed by atoms with van der Waals surface area (Å²) in [5.41, 5.74) is 0. The highest BCUT2D eigenvalue weighted by atomic mass is 31.2. The van der Waals surface area contributed by atoms with Gasteiger partial charge in [-0.1, -0.05) is 324 Å². The summed E-state index contributed by atoms with van der Waals surface area (Å²) in [5, 5.41) is 10.6. The number of phosphoric ester groups is 2. The van der Waals surface area contributed by atoms with Gasteiger partial charge in [-0.25, -0.2) is 9.13 Å². The Balaban J connectivity index is 5.20. The van der Waals surface area contributed by atoms with Crippen molar-refractivity contribution in [2.75, 3.05) is 39.6 Å². The number of hydrogen-bond donors (Lipinski definition) is 3. The van der Waals surface area contributed by atoms with Crippen molar-refractivity contribution in [2.24, 2.45) is 5.92 Å². The van der Waals surface area contributed by atoms with E-state index in [4.69, 9.17) is 37.0 Å². The molecule has 0 heterocycles. The van der Waals surface area contributed by atoms with Crippen LogP contribution in [0.4, 0.5) is 0 Å². The third-order valence-electron chi connectivity index (χ3n) is 17.1. The van der Waals surface area contributed by atoms with Crippen molar-refractivity contribution in [3.05, 3.63) is 0 Å². The van der Waals surface area contributed by atoms with Crippen LogP contribution < -0.4 is 0 Å². The minimum atomic E-state index is -4.95. The van der Waals surface area contributed by atoms with Crippen LogP contribution in [0.15, 0.2) is 0 Å². The second-order valence-electron chi connectivity index (χ2n) is 26.2. The third-order valence-corrected chi connectivity index (χ3v) is 19.0. The Morgan fingerprint density at radius 2 is 0.527 bits per heavy atom. The first-order valence-electron chi connectivity index (χ1n) is 37.7. The highest BCUT2D eigenvalue weighted by Gasteiger charge is 2.30. The van der Waals surface area contributed by atoms with Crippen molar-refractivity contribution in [1.29, 1.82) is 0 Å². The lowest BCUT2D eigenvalue weighted by atomic mass is 10.00. The minimum Gasteiger partial charge on any atom is -0.462 e. The van der Waals surface area contributed by atoms with E-state index in [1.54, 1.807) is 0 Å². The normalized spacial score (nSPS) is 14.3. The lowest BCUT2D eigenvalue weighted by molar-refractivity contribution is -0.161. The summed E-state index contributed by atoms with van der Waals surface area (Å²) in [7, 11) is -9.90. The number of hydrogen-bond acceptors (Lipinski definition) is 15. The van der Waals surface area contributed by atoms with Crippen LogP contribution in [0.3, 0.4) is 0 Å². The first-order chi connectivity index (χ1) is 44.1. The molecule has 0 saturated carbocycles. The molecule has 0 spiro atoms. The Kier molecular flexibility index (Phi) is 64.0. The maximum absolute atomic E-state index is 13.0. The highest BCUT2D eigenvalue weighted by molar-refractivity contribution is 7.47. The van der Waals surface area contributed by atoms with Crippen molar-refractivity contribution < 1.29 is 80.2 Å². The van der Waals surface area contributed by atoms with E-state index >= 15 is 0 Å². The molecule has 0 saturated heterocycles. The molecule has 0 aromatic carbocycles. The number of carbonyl (C=O) groups excluding carboxylic acids is 4. The zero-order chi connectivity index (χ0) is 67.0. The quantitative estimate of drug-likeness (QED) is 0.0222. The monoisotopic (exact) mass is 1340 g/mol. The molecule has 0 fully saturated rings. The molecule has 0 aliphatic carbocycles. The maximum Gasteiger partial charge on any atom is 0.472 e. The first-order valence-corrected chi connectivity index (χ1v) is 40.7. The lowest BCUT2D eigenvalue weighted by Crippen LogP contribution is -2.30. The molecular formula is C72H140O17P2. The van der Waals surface area contributed by atoms with Gasteiger partial charge >= 0.3 is 39.5 Å². The van der Waals surface area contributed by atoms with Crippen LogP contribution in [0.2, 0.25) is 0 Å². The zero-order valence-electron chi connectivity index (χ0n) is 59.0. The van der Waals surface area contributed by atoms with Gasteiger partial charge in [0.1, 0.15) is 19.3 Å². The molecule has 3 unspecified atom stereocenters. The van der Waals surface area contributed by atoms with Crippen molar-refractivity contribution in [3.63, 3.8) is 0 Å². The van der Waals surface area contributed by atoms with Gasteiger partial charge in [0.25, 0.3) is 0 Å². The van der Waals surface area contributed by atoms with E-state index < -0.39 is 97.5 Å². The average molecular weight is 1340 g/mol. The van der Waals surface area contributed by atoms with Crippen LogP contribution in [-0.2, 0) is 65.4 Å². The molecule has 6 atom stereocenters. The van der Waals surface area contributed by atoms with Gasteiger partial charge in [-0.2, -0.15) is 0 Å². The zero-order valence-corrected chi connectivity index (χ0v) is 60.8. The minimum absolute atomic E-state index is 0.103. The van der Waals surface area contributed by atoms with Crippen molar-refractivity contribution >= 4 is 39.5 Å². The predicted molar refractivity (Wildman–Crippen MR) is 368 cm³/mol. The molecule has 17 nitrogen and oxygen atoms in total. The lowest BCUT2D eigenvalue weighted by Gasteiger charge is -2.21. The Morgan fingerprint density at radius 3 is 0.780 bits per heavy atom. The van der Waals surface area contributed by atoms with Gasteiger partial charge in [-0.05, 0) is 31.6 Å². The molecule has 540 valence electrons. The maximum atomic E-state index is 13.0. The fraction of sp³-hybridized carbons (Fsp3) is 0.944. The summed E-state index contributed by atoms with van der Waals surface area (Å²) in [4.78, 5) is 72.6. The molecule has 3 N–H and O–H groups in total. The fourth-order valence-corrected chi connectivity index (χ4v) is 12.5. The smallest absolute Gasteiger partial charge is 0.462 e. The van der Waals surface area contributed by atoms with Crippen molar-refractivity contribution in [3.8, 4) is 0 Å². The Bertz CT molecular complexity index is 1760. The van der Waals surface area contributed by atoms with Gasteiger partial charge in [0.05, 0.1) is 26.4 Å². The highest BCUT2D eigenvalue weighted by Crippen LogP contribution is 2.45. The number of carbonyl (C=O) groups is 4. The molecular weight excluding hydrogens is 1200 g/mol. The van der Waals surface area contributed by atoms with Gasteiger partial charge in [0, 0.05) is 25.7 Å². The molecule has 0 rings (SSSR count). The molecule has 0 aromatic heterocycles. The second-order valence-corrected chi connectivity index (χ2v) is 29.1. The van der Waals surface area contributed by atoms with Crippen LogP contribution in [0.1, 0.15) is 375 Å². The molecule has 19 heteroatoms. The van der Waals surface area contributed by atoms with E-state index in [-0.39, 0.29) is 25.7 Å². The van der Waals surface area contributed by atoms with E-state index in [1.165, 1.54) is 199 Å². The van der Waals surface area contributed by atoms with Crippen LogP contribution in [-0.4, -0.2) is 96.7 Å². The number of rotatable bonds is 72. The summed E-state index contributed by atoms with van der Waals surface area (Å²) in [6.07, 6.45) is 52.8. The molecule has 0 aromatic rings. The first kappa shape index (κ1) is 89.1. The number of esters is 4. The average Bonchev–Trinajstić information content (AvgIpc) is 3.69. The molecule has 91 heavy (non-hydrogen) atoms. The van der Waals surface area contributed by atoms with E-state index in [0.717, 1.165) is 95.8 Å². The summed E-state index contributed by atoms with van der Waals surface area (Å²) >= 11 is 0. The number of aliphatic hydroxyl groups excluding tert-OH is 1.